The standard InChI is InChI=1S/C17H22FN3OS/c1-17(2,15-5-4-8-23-15)11-21-16(19-3)20-10-12-6-7-14(22)13(18)9-12/h4-9,22H,10-11H2,1-3H3,(H2,19,20,21). The number of rotatable bonds is 5. The minimum Gasteiger partial charge on any atom is -0.505 e. The van der Waals surface area contributed by atoms with Crippen LogP contribution in [0.2, 0.25) is 0 Å². The molecule has 0 aliphatic heterocycles. The first-order valence-electron chi connectivity index (χ1n) is 7.38. The molecule has 6 heteroatoms. The van der Waals surface area contributed by atoms with Crippen LogP contribution >= 0.6 is 11.3 Å². The number of halogens is 1. The van der Waals surface area contributed by atoms with Gasteiger partial charge in [-0.2, -0.15) is 0 Å². The summed E-state index contributed by atoms with van der Waals surface area (Å²) in [6.07, 6.45) is 0. The van der Waals surface area contributed by atoms with E-state index in [0.717, 1.165) is 12.1 Å². The van der Waals surface area contributed by atoms with E-state index >= 15 is 0 Å². The third-order valence-electron chi connectivity index (χ3n) is 3.58. The first-order chi connectivity index (χ1) is 10.9. The lowest BCUT2D eigenvalue weighted by Gasteiger charge is -2.25. The Hall–Kier alpha value is -2.08. The maximum atomic E-state index is 13.3. The molecule has 0 saturated heterocycles. The van der Waals surface area contributed by atoms with E-state index in [4.69, 9.17) is 0 Å². The molecule has 1 aromatic carbocycles. The van der Waals surface area contributed by atoms with Crippen molar-refractivity contribution < 1.29 is 9.50 Å². The normalized spacial score (nSPS) is 12.3. The Balaban J connectivity index is 1.89. The number of nitrogens with zero attached hydrogens (tertiary/aromatic N) is 1. The fourth-order valence-electron chi connectivity index (χ4n) is 2.12. The van der Waals surface area contributed by atoms with Crippen molar-refractivity contribution >= 4 is 17.3 Å². The number of phenolic OH excluding ortho intramolecular Hbond substituents is 1. The average molecular weight is 335 g/mol. The molecule has 3 N–H and O–H groups in total. The molecular formula is C17H22FN3OS. The van der Waals surface area contributed by atoms with Gasteiger partial charge in [-0.3, -0.25) is 4.99 Å². The summed E-state index contributed by atoms with van der Waals surface area (Å²) in [6, 6.07) is 8.51. The fourth-order valence-corrected chi connectivity index (χ4v) is 2.97. The van der Waals surface area contributed by atoms with Crippen LogP contribution in [0.15, 0.2) is 40.7 Å². The number of nitrogens with one attached hydrogen (secondary N) is 2. The highest BCUT2D eigenvalue weighted by molar-refractivity contribution is 7.10. The number of hydrogen-bond acceptors (Lipinski definition) is 3. The molecule has 0 aliphatic carbocycles. The second-order valence-electron chi connectivity index (χ2n) is 5.93. The van der Waals surface area contributed by atoms with Crippen molar-refractivity contribution in [2.45, 2.75) is 25.8 Å². The van der Waals surface area contributed by atoms with Crippen molar-refractivity contribution in [2.75, 3.05) is 13.6 Å². The van der Waals surface area contributed by atoms with Crippen molar-refractivity contribution in [3.05, 3.63) is 52.0 Å². The molecule has 0 bridgehead atoms. The van der Waals surface area contributed by atoms with E-state index in [-0.39, 0.29) is 11.2 Å². The van der Waals surface area contributed by atoms with Gasteiger partial charge in [-0.1, -0.05) is 26.0 Å². The molecule has 0 unspecified atom stereocenters. The van der Waals surface area contributed by atoms with E-state index in [1.165, 1.54) is 17.0 Å². The summed E-state index contributed by atoms with van der Waals surface area (Å²) >= 11 is 1.74. The Labute approximate surface area is 140 Å². The number of hydrogen-bond donors (Lipinski definition) is 3. The van der Waals surface area contributed by atoms with Crippen LogP contribution in [0.1, 0.15) is 24.3 Å². The van der Waals surface area contributed by atoms with Gasteiger partial charge in [-0.25, -0.2) is 4.39 Å². The van der Waals surface area contributed by atoms with Crippen LogP contribution in [-0.2, 0) is 12.0 Å². The SMILES string of the molecule is CN=C(NCc1ccc(O)c(F)c1)NCC(C)(C)c1cccs1. The Morgan fingerprint density at radius 3 is 2.70 bits per heavy atom. The summed E-state index contributed by atoms with van der Waals surface area (Å²) < 4.78 is 13.3. The summed E-state index contributed by atoms with van der Waals surface area (Å²) in [6.45, 7) is 5.51. The smallest absolute Gasteiger partial charge is 0.191 e. The molecule has 0 atom stereocenters. The molecule has 124 valence electrons. The fraction of sp³-hybridized carbons (Fsp3) is 0.353. The van der Waals surface area contributed by atoms with Crippen molar-refractivity contribution in [3.8, 4) is 5.75 Å². The summed E-state index contributed by atoms with van der Waals surface area (Å²) in [5, 5.41) is 17.7. The van der Waals surface area contributed by atoms with Gasteiger partial charge in [-0.15, -0.1) is 11.3 Å². The van der Waals surface area contributed by atoms with E-state index < -0.39 is 5.82 Å². The molecule has 4 nitrogen and oxygen atoms in total. The number of thiophene rings is 1. The molecule has 0 amide bonds. The molecule has 0 radical (unpaired) electrons. The lowest BCUT2D eigenvalue weighted by molar-refractivity contribution is 0.431. The lowest BCUT2D eigenvalue weighted by Crippen LogP contribution is -2.42. The predicted octanol–water partition coefficient (Wildman–Crippen LogP) is 3.24. The zero-order valence-electron chi connectivity index (χ0n) is 13.6. The number of benzene rings is 1. The molecule has 2 aromatic rings. The van der Waals surface area contributed by atoms with Gasteiger partial charge in [0.05, 0.1) is 0 Å². The van der Waals surface area contributed by atoms with Crippen LogP contribution in [0.3, 0.4) is 0 Å². The van der Waals surface area contributed by atoms with Crippen molar-refractivity contribution in [2.24, 2.45) is 4.99 Å². The maximum absolute atomic E-state index is 13.3. The second-order valence-corrected chi connectivity index (χ2v) is 6.87. The second kappa shape index (κ2) is 7.46. The molecule has 23 heavy (non-hydrogen) atoms. The summed E-state index contributed by atoms with van der Waals surface area (Å²) in [5.74, 6) is -0.303. The molecule has 1 aromatic heterocycles. The average Bonchev–Trinajstić information content (AvgIpc) is 3.06. The third-order valence-corrected chi connectivity index (χ3v) is 4.82. The van der Waals surface area contributed by atoms with Gasteiger partial charge in [0.15, 0.2) is 17.5 Å². The zero-order chi connectivity index (χ0) is 16.9. The van der Waals surface area contributed by atoms with E-state index in [9.17, 15) is 9.50 Å². The molecular weight excluding hydrogens is 313 g/mol. The van der Waals surface area contributed by atoms with Crippen LogP contribution in [-0.4, -0.2) is 24.7 Å². The summed E-state index contributed by atoms with van der Waals surface area (Å²) in [5.41, 5.74) is 0.733. The molecule has 0 saturated carbocycles. The van der Waals surface area contributed by atoms with Gasteiger partial charge in [0.1, 0.15) is 0 Å². The monoisotopic (exact) mass is 335 g/mol. The largest absolute Gasteiger partial charge is 0.505 e. The van der Waals surface area contributed by atoms with E-state index in [1.807, 2.05) is 6.07 Å². The van der Waals surface area contributed by atoms with E-state index in [0.29, 0.717) is 12.5 Å². The highest BCUT2D eigenvalue weighted by atomic mass is 32.1. The van der Waals surface area contributed by atoms with Crippen LogP contribution < -0.4 is 10.6 Å². The van der Waals surface area contributed by atoms with E-state index in [1.54, 1.807) is 24.5 Å². The Kier molecular flexibility index (Phi) is 5.60. The zero-order valence-corrected chi connectivity index (χ0v) is 14.4. The van der Waals surface area contributed by atoms with Crippen LogP contribution in [0, 0.1) is 5.82 Å². The van der Waals surface area contributed by atoms with Crippen molar-refractivity contribution in [1.82, 2.24) is 10.6 Å². The van der Waals surface area contributed by atoms with Gasteiger partial charge in [0, 0.05) is 30.4 Å². The molecule has 1 heterocycles. The Bertz CT molecular complexity index is 668. The summed E-state index contributed by atoms with van der Waals surface area (Å²) in [7, 11) is 1.70. The van der Waals surface area contributed by atoms with Crippen molar-refractivity contribution in [1.29, 1.82) is 0 Å². The summed E-state index contributed by atoms with van der Waals surface area (Å²) in [4.78, 5) is 5.49. The van der Waals surface area contributed by atoms with Crippen molar-refractivity contribution in [3.63, 3.8) is 0 Å². The number of phenols is 1. The molecule has 0 aliphatic rings. The van der Waals surface area contributed by atoms with Gasteiger partial charge >= 0.3 is 0 Å². The highest BCUT2D eigenvalue weighted by Crippen LogP contribution is 2.26. The predicted molar refractivity (Wildman–Crippen MR) is 93.6 cm³/mol. The van der Waals surface area contributed by atoms with Crippen LogP contribution in [0.25, 0.3) is 0 Å². The highest BCUT2D eigenvalue weighted by Gasteiger charge is 2.21. The Morgan fingerprint density at radius 1 is 1.30 bits per heavy atom. The maximum Gasteiger partial charge on any atom is 0.191 e. The first kappa shape index (κ1) is 17.3. The minimum atomic E-state index is -0.619. The number of guanidine groups is 1. The number of aromatic hydroxyl groups is 1. The van der Waals surface area contributed by atoms with Gasteiger partial charge in [0.2, 0.25) is 0 Å². The van der Waals surface area contributed by atoms with Crippen LogP contribution in [0.4, 0.5) is 4.39 Å². The lowest BCUT2D eigenvalue weighted by atomic mass is 9.91. The van der Waals surface area contributed by atoms with Crippen LogP contribution in [0.5, 0.6) is 5.75 Å². The van der Waals surface area contributed by atoms with E-state index in [2.05, 4.69) is 40.9 Å². The minimum absolute atomic E-state index is 0.00354. The van der Waals surface area contributed by atoms with Gasteiger partial charge < -0.3 is 15.7 Å². The third kappa shape index (κ3) is 4.69. The van der Waals surface area contributed by atoms with Gasteiger partial charge in [0.25, 0.3) is 0 Å². The molecule has 0 spiro atoms. The quantitative estimate of drug-likeness (QED) is 0.581. The first-order valence-corrected chi connectivity index (χ1v) is 8.26. The number of aliphatic imine (C=N–C) groups is 1. The molecule has 0 fully saturated rings. The topological polar surface area (TPSA) is 56.7 Å². The molecule has 2 rings (SSSR count). The van der Waals surface area contributed by atoms with Gasteiger partial charge in [-0.05, 0) is 29.1 Å². The Morgan fingerprint density at radius 2 is 2.09 bits per heavy atom.